The predicted molar refractivity (Wildman–Crippen MR) is 72.5 cm³/mol. The van der Waals surface area contributed by atoms with E-state index in [0.717, 1.165) is 16.3 Å². The normalized spacial score (nSPS) is 11.6. The van der Waals surface area contributed by atoms with E-state index in [4.69, 9.17) is 0 Å². The number of thiazole rings is 1. The van der Waals surface area contributed by atoms with E-state index >= 15 is 0 Å². The van der Waals surface area contributed by atoms with Crippen molar-refractivity contribution in [3.05, 3.63) is 40.3 Å². The quantitative estimate of drug-likeness (QED) is 0.831. The third-order valence-corrected chi connectivity index (χ3v) is 4.06. The van der Waals surface area contributed by atoms with Gasteiger partial charge in [0.1, 0.15) is 0 Å². The molecule has 2 nitrogen and oxygen atoms in total. The Kier molecular flexibility index (Phi) is 4.36. The molecule has 0 atom stereocenters. The van der Waals surface area contributed by atoms with E-state index in [-0.39, 0.29) is 16.7 Å². The molecule has 0 spiro atoms. The van der Waals surface area contributed by atoms with Gasteiger partial charge in [-0.05, 0) is 43.0 Å². The van der Waals surface area contributed by atoms with Gasteiger partial charge in [0.2, 0.25) is 0 Å². The minimum Gasteiger partial charge on any atom is -0.380 e. The Balaban J connectivity index is 1.94. The number of halogens is 3. The number of hydrogen-bond donors (Lipinski definition) is 1. The number of hydrogen-bond acceptors (Lipinski definition) is 4. The predicted octanol–water partition coefficient (Wildman–Crippen LogP) is 4.68. The fourth-order valence-corrected chi connectivity index (χ4v) is 2.71. The van der Waals surface area contributed by atoms with Crippen LogP contribution in [-0.2, 0) is 6.54 Å². The molecule has 0 saturated heterocycles. The molecule has 1 aromatic heterocycles. The standard InChI is InChI=1S/C12H11F3N2S2/c1-8-11(18-7-17-8)6-16-9-2-4-10(5-3-9)19-12(13,14)15/h2-5,7,16H,6H2,1H3. The lowest BCUT2D eigenvalue weighted by atomic mass is 10.3. The van der Waals surface area contributed by atoms with E-state index in [0.29, 0.717) is 6.54 Å². The summed E-state index contributed by atoms with van der Waals surface area (Å²) >= 11 is 1.45. The van der Waals surface area contributed by atoms with Gasteiger partial charge in [-0.3, -0.25) is 0 Å². The highest BCUT2D eigenvalue weighted by Crippen LogP contribution is 2.37. The first-order chi connectivity index (χ1) is 8.94. The molecule has 0 saturated carbocycles. The summed E-state index contributed by atoms with van der Waals surface area (Å²) in [5.41, 5.74) is -0.703. The van der Waals surface area contributed by atoms with Crippen molar-refractivity contribution >= 4 is 28.8 Å². The molecular weight excluding hydrogens is 293 g/mol. The van der Waals surface area contributed by atoms with Gasteiger partial charge in [-0.2, -0.15) is 13.2 Å². The van der Waals surface area contributed by atoms with Crippen LogP contribution in [-0.4, -0.2) is 10.5 Å². The van der Waals surface area contributed by atoms with Gasteiger partial charge in [0.25, 0.3) is 0 Å². The van der Waals surface area contributed by atoms with Crippen molar-refractivity contribution in [2.75, 3.05) is 5.32 Å². The zero-order valence-corrected chi connectivity index (χ0v) is 11.6. The van der Waals surface area contributed by atoms with Gasteiger partial charge >= 0.3 is 5.51 Å². The maximum absolute atomic E-state index is 12.2. The summed E-state index contributed by atoms with van der Waals surface area (Å²) in [6, 6.07) is 6.20. The summed E-state index contributed by atoms with van der Waals surface area (Å²) in [4.78, 5) is 5.44. The molecule has 0 aliphatic carbocycles. The minimum atomic E-state index is -4.24. The summed E-state index contributed by atoms with van der Waals surface area (Å²) < 4.78 is 36.5. The Hall–Kier alpha value is -1.21. The second kappa shape index (κ2) is 5.83. The van der Waals surface area contributed by atoms with E-state index < -0.39 is 5.51 Å². The molecule has 0 fully saturated rings. The highest BCUT2D eigenvalue weighted by Gasteiger charge is 2.28. The molecule has 2 aromatic rings. The molecule has 0 radical (unpaired) electrons. The van der Waals surface area contributed by atoms with Crippen LogP contribution in [0.4, 0.5) is 18.9 Å². The van der Waals surface area contributed by atoms with Gasteiger partial charge in [0.05, 0.1) is 17.7 Å². The second-order valence-corrected chi connectivity index (χ2v) is 5.86. The molecule has 19 heavy (non-hydrogen) atoms. The largest absolute Gasteiger partial charge is 0.446 e. The van der Waals surface area contributed by atoms with E-state index in [1.165, 1.54) is 12.1 Å². The van der Waals surface area contributed by atoms with Gasteiger partial charge in [0.15, 0.2) is 0 Å². The number of aryl methyl sites for hydroxylation is 1. The lowest BCUT2D eigenvalue weighted by Gasteiger charge is -2.08. The maximum atomic E-state index is 12.2. The molecule has 0 unspecified atom stereocenters. The van der Waals surface area contributed by atoms with Crippen LogP contribution >= 0.6 is 23.1 Å². The van der Waals surface area contributed by atoms with Crippen molar-refractivity contribution in [1.82, 2.24) is 4.98 Å². The van der Waals surface area contributed by atoms with Crippen LogP contribution in [0.5, 0.6) is 0 Å². The fourth-order valence-electron chi connectivity index (χ4n) is 1.45. The van der Waals surface area contributed by atoms with Crippen LogP contribution in [0.3, 0.4) is 0 Å². The van der Waals surface area contributed by atoms with Crippen molar-refractivity contribution in [2.24, 2.45) is 0 Å². The number of nitrogens with one attached hydrogen (secondary N) is 1. The molecule has 1 N–H and O–H groups in total. The van der Waals surface area contributed by atoms with Crippen molar-refractivity contribution in [3.8, 4) is 0 Å². The molecule has 0 amide bonds. The number of nitrogens with zero attached hydrogens (tertiary/aromatic N) is 1. The zero-order valence-electron chi connectivity index (χ0n) is 9.99. The Morgan fingerprint density at radius 1 is 1.26 bits per heavy atom. The van der Waals surface area contributed by atoms with Crippen molar-refractivity contribution in [2.45, 2.75) is 23.9 Å². The average molecular weight is 304 g/mol. The van der Waals surface area contributed by atoms with Gasteiger partial charge in [0, 0.05) is 15.5 Å². The number of anilines is 1. The Morgan fingerprint density at radius 2 is 1.95 bits per heavy atom. The number of rotatable bonds is 4. The highest BCUT2D eigenvalue weighted by atomic mass is 32.2. The van der Waals surface area contributed by atoms with Crippen LogP contribution in [0.15, 0.2) is 34.7 Å². The lowest BCUT2D eigenvalue weighted by molar-refractivity contribution is -0.0328. The molecule has 2 rings (SSSR count). The van der Waals surface area contributed by atoms with Crippen molar-refractivity contribution in [1.29, 1.82) is 0 Å². The van der Waals surface area contributed by atoms with E-state index in [9.17, 15) is 13.2 Å². The van der Waals surface area contributed by atoms with E-state index in [1.807, 2.05) is 6.92 Å². The zero-order chi connectivity index (χ0) is 13.9. The molecular formula is C12H11F3N2S2. The SMILES string of the molecule is Cc1ncsc1CNc1ccc(SC(F)(F)F)cc1. The summed E-state index contributed by atoms with van der Waals surface area (Å²) in [6.45, 7) is 2.55. The number of benzene rings is 1. The summed E-state index contributed by atoms with van der Waals surface area (Å²) in [6.07, 6.45) is 0. The Labute approximate surface area is 117 Å². The van der Waals surface area contributed by atoms with Crippen LogP contribution in [0.1, 0.15) is 10.6 Å². The Morgan fingerprint density at radius 3 is 2.47 bits per heavy atom. The first kappa shape index (κ1) is 14.2. The van der Waals surface area contributed by atoms with Gasteiger partial charge in [-0.25, -0.2) is 4.98 Å². The molecule has 0 aliphatic rings. The summed E-state index contributed by atoms with van der Waals surface area (Å²) in [7, 11) is 0. The average Bonchev–Trinajstić information content (AvgIpc) is 2.72. The van der Waals surface area contributed by atoms with Gasteiger partial charge < -0.3 is 5.32 Å². The number of thioether (sulfide) groups is 1. The molecule has 0 aliphatic heterocycles. The highest BCUT2D eigenvalue weighted by molar-refractivity contribution is 8.00. The maximum Gasteiger partial charge on any atom is 0.446 e. The summed E-state index contributed by atoms with van der Waals surface area (Å²) in [5, 5.41) is 3.16. The first-order valence-corrected chi connectivity index (χ1v) is 7.12. The third-order valence-electron chi connectivity index (χ3n) is 2.39. The van der Waals surface area contributed by atoms with Crippen LogP contribution < -0.4 is 5.32 Å². The molecule has 1 aromatic carbocycles. The van der Waals surface area contributed by atoms with Gasteiger partial charge in [-0.1, -0.05) is 0 Å². The third kappa shape index (κ3) is 4.43. The van der Waals surface area contributed by atoms with Crippen LogP contribution in [0, 0.1) is 6.92 Å². The Bertz CT molecular complexity index is 535. The minimum absolute atomic E-state index is 0.108. The molecule has 1 heterocycles. The fraction of sp³-hybridized carbons (Fsp3) is 0.250. The number of aromatic nitrogens is 1. The summed E-state index contributed by atoms with van der Waals surface area (Å²) in [5.74, 6) is 0. The van der Waals surface area contributed by atoms with E-state index in [2.05, 4.69) is 10.3 Å². The lowest BCUT2D eigenvalue weighted by Crippen LogP contribution is -2.00. The molecule has 7 heteroatoms. The first-order valence-electron chi connectivity index (χ1n) is 5.43. The smallest absolute Gasteiger partial charge is 0.380 e. The van der Waals surface area contributed by atoms with Crippen LogP contribution in [0.25, 0.3) is 0 Å². The van der Waals surface area contributed by atoms with E-state index in [1.54, 1.807) is 29.0 Å². The second-order valence-electron chi connectivity index (χ2n) is 3.79. The number of alkyl halides is 3. The van der Waals surface area contributed by atoms with Crippen molar-refractivity contribution in [3.63, 3.8) is 0 Å². The topological polar surface area (TPSA) is 24.9 Å². The molecule has 102 valence electrons. The molecule has 0 bridgehead atoms. The van der Waals surface area contributed by atoms with Gasteiger partial charge in [-0.15, -0.1) is 11.3 Å². The van der Waals surface area contributed by atoms with Crippen LogP contribution in [0.2, 0.25) is 0 Å². The van der Waals surface area contributed by atoms with Crippen molar-refractivity contribution < 1.29 is 13.2 Å². The monoisotopic (exact) mass is 304 g/mol.